The summed E-state index contributed by atoms with van der Waals surface area (Å²) in [6.45, 7) is 9.27. The van der Waals surface area contributed by atoms with Crippen molar-refractivity contribution in [3.63, 3.8) is 0 Å². The van der Waals surface area contributed by atoms with Crippen LogP contribution < -0.4 is 0 Å². The van der Waals surface area contributed by atoms with Gasteiger partial charge in [0.1, 0.15) is 0 Å². The Morgan fingerprint density at radius 1 is 1.32 bits per heavy atom. The number of aryl methyl sites for hydroxylation is 3. The van der Waals surface area contributed by atoms with E-state index in [9.17, 15) is 9.90 Å². The van der Waals surface area contributed by atoms with E-state index in [0.717, 1.165) is 29.7 Å². The van der Waals surface area contributed by atoms with Crippen LogP contribution in [0.5, 0.6) is 0 Å². The molecule has 1 N–H and O–H groups in total. The van der Waals surface area contributed by atoms with Crippen molar-refractivity contribution >= 4 is 5.91 Å². The molecule has 104 valence electrons. The van der Waals surface area contributed by atoms with E-state index in [1.807, 2.05) is 25.7 Å². The number of hydrogen-bond acceptors (Lipinski definition) is 2. The maximum absolute atomic E-state index is 12.6. The first-order valence-electron chi connectivity index (χ1n) is 6.95. The van der Waals surface area contributed by atoms with E-state index >= 15 is 0 Å². The predicted octanol–water partition coefficient (Wildman–Crippen LogP) is 2.45. The molecule has 1 fully saturated rings. The molecule has 1 aromatic carbocycles. The molecule has 1 aliphatic heterocycles. The van der Waals surface area contributed by atoms with E-state index in [2.05, 4.69) is 12.1 Å². The van der Waals surface area contributed by atoms with Gasteiger partial charge in [0.05, 0.1) is 6.10 Å². The van der Waals surface area contributed by atoms with E-state index in [4.69, 9.17) is 0 Å². The lowest BCUT2D eigenvalue weighted by atomic mass is 9.99. The van der Waals surface area contributed by atoms with Gasteiger partial charge in [0.25, 0.3) is 5.91 Å². The van der Waals surface area contributed by atoms with Crippen LogP contribution in [0.2, 0.25) is 0 Å². The minimum absolute atomic E-state index is 0.109. The van der Waals surface area contributed by atoms with Gasteiger partial charge in [-0.3, -0.25) is 4.79 Å². The Morgan fingerprint density at radius 3 is 2.37 bits per heavy atom. The van der Waals surface area contributed by atoms with Gasteiger partial charge in [-0.25, -0.2) is 0 Å². The van der Waals surface area contributed by atoms with E-state index in [0.29, 0.717) is 6.54 Å². The molecule has 1 aromatic rings. The van der Waals surface area contributed by atoms with Crippen molar-refractivity contribution in [1.82, 2.24) is 4.90 Å². The monoisotopic (exact) mass is 261 g/mol. The molecule has 0 radical (unpaired) electrons. The second-order valence-electron chi connectivity index (χ2n) is 5.81. The third-order valence-corrected chi connectivity index (χ3v) is 4.09. The highest BCUT2D eigenvalue weighted by Crippen LogP contribution is 2.24. The van der Waals surface area contributed by atoms with Gasteiger partial charge in [-0.2, -0.15) is 0 Å². The number of carbonyl (C=O) groups is 1. The maximum atomic E-state index is 12.6. The molecule has 2 rings (SSSR count). The highest BCUT2D eigenvalue weighted by Gasteiger charge is 2.30. The van der Waals surface area contributed by atoms with Crippen molar-refractivity contribution in [3.05, 3.63) is 34.4 Å². The molecule has 0 saturated carbocycles. The summed E-state index contributed by atoms with van der Waals surface area (Å²) < 4.78 is 0. The molecule has 2 atom stereocenters. The van der Waals surface area contributed by atoms with Gasteiger partial charge in [0.15, 0.2) is 0 Å². The highest BCUT2D eigenvalue weighted by atomic mass is 16.3. The molecule has 3 heteroatoms. The van der Waals surface area contributed by atoms with Crippen LogP contribution >= 0.6 is 0 Å². The Morgan fingerprint density at radius 2 is 1.89 bits per heavy atom. The topological polar surface area (TPSA) is 40.5 Å². The molecule has 3 nitrogen and oxygen atoms in total. The summed E-state index contributed by atoms with van der Waals surface area (Å²) in [7, 11) is 0. The SMILES string of the molecule is Cc1cc(C)c(C(=O)N2CCC(C(C)O)C2)c(C)c1. The van der Waals surface area contributed by atoms with Crippen molar-refractivity contribution in [2.75, 3.05) is 13.1 Å². The number of benzene rings is 1. The van der Waals surface area contributed by atoms with E-state index in [-0.39, 0.29) is 17.9 Å². The van der Waals surface area contributed by atoms with Gasteiger partial charge in [-0.1, -0.05) is 17.7 Å². The zero-order valence-corrected chi connectivity index (χ0v) is 12.2. The second-order valence-corrected chi connectivity index (χ2v) is 5.81. The molecular formula is C16H23NO2. The van der Waals surface area contributed by atoms with E-state index < -0.39 is 0 Å². The lowest BCUT2D eigenvalue weighted by Crippen LogP contribution is -2.31. The van der Waals surface area contributed by atoms with Gasteiger partial charge < -0.3 is 10.0 Å². The van der Waals surface area contributed by atoms with Crippen LogP contribution in [0.4, 0.5) is 0 Å². The fourth-order valence-corrected chi connectivity index (χ4v) is 3.04. The zero-order valence-electron chi connectivity index (χ0n) is 12.2. The summed E-state index contributed by atoms with van der Waals surface area (Å²) in [6.07, 6.45) is 0.561. The van der Waals surface area contributed by atoms with Gasteiger partial charge in [-0.05, 0) is 45.2 Å². The average molecular weight is 261 g/mol. The molecule has 1 heterocycles. The second kappa shape index (κ2) is 5.33. The molecule has 19 heavy (non-hydrogen) atoms. The summed E-state index contributed by atoms with van der Waals surface area (Å²) in [5, 5.41) is 9.63. The molecule has 0 aromatic heterocycles. The fraction of sp³-hybridized carbons (Fsp3) is 0.562. The molecule has 0 aliphatic carbocycles. The first kappa shape index (κ1) is 14.1. The first-order chi connectivity index (χ1) is 8.90. The molecule has 0 spiro atoms. The van der Waals surface area contributed by atoms with Gasteiger partial charge >= 0.3 is 0 Å². The van der Waals surface area contributed by atoms with Crippen molar-refractivity contribution in [2.45, 2.75) is 40.2 Å². The Labute approximate surface area is 115 Å². The van der Waals surface area contributed by atoms with Crippen LogP contribution in [-0.4, -0.2) is 35.1 Å². The van der Waals surface area contributed by atoms with Gasteiger partial charge in [0.2, 0.25) is 0 Å². The number of hydrogen-bond donors (Lipinski definition) is 1. The summed E-state index contributed by atoms with van der Waals surface area (Å²) in [4.78, 5) is 14.5. The van der Waals surface area contributed by atoms with Crippen molar-refractivity contribution in [2.24, 2.45) is 5.92 Å². The average Bonchev–Trinajstić information content (AvgIpc) is 2.76. The summed E-state index contributed by atoms with van der Waals surface area (Å²) in [6, 6.07) is 4.12. The normalized spacial score (nSPS) is 20.7. The standard InChI is InChI=1S/C16H23NO2/c1-10-7-11(2)15(12(3)8-10)16(19)17-6-5-14(9-17)13(4)18/h7-8,13-14,18H,5-6,9H2,1-4H3. The molecule has 2 unspecified atom stereocenters. The molecule has 1 saturated heterocycles. The lowest BCUT2D eigenvalue weighted by molar-refractivity contribution is 0.0761. The number of likely N-dealkylation sites (tertiary alicyclic amines) is 1. The number of carbonyl (C=O) groups excluding carboxylic acids is 1. The molecular weight excluding hydrogens is 238 g/mol. The Hall–Kier alpha value is -1.35. The van der Waals surface area contributed by atoms with Crippen molar-refractivity contribution in [1.29, 1.82) is 0 Å². The van der Waals surface area contributed by atoms with Crippen LogP contribution in [0.1, 0.15) is 40.4 Å². The van der Waals surface area contributed by atoms with Gasteiger partial charge in [-0.15, -0.1) is 0 Å². The Bertz CT molecular complexity index is 471. The van der Waals surface area contributed by atoms with Gasteiger partial charge in [0, 0.05) is 24.6 Å². The quantitative estimate of drug-likeness (QED) is 0.888. The minimum Gasteiger partial charge on any atom is -0.393 e. The fourth-order valence-electron chi connectivity index (χ4n) is 3.04. The number of aliphatic hydroxyl groups excluding tert-OH is 1. The van der Waals surface area contributed by atoms with Crippen LogP contribution in [0.15, 0.2) is 12.1 Å². The van der Waals surface area contributed by atoms with Crippen LogP contribution in [0, 0.1) is 26.7 Å². The number of aliphatic hydroxyl groups is 1. The third kappa shape index (κ3) is 2.81. The number of nitrogens with zero attached hydrogens (tertiary/aromatic N) is 1. The molecule has 0 bridgehead atoms. The summed E-state index contributed by atoms with van der Waals surface area (Å²) in [5.74, 6) is 0.327. The van der Waals surface area contributed by atoms with E-state index in [1.54, 1.807) is 6.92 Å². The summed E-state index contributed by atoms with van der Waals surface area (Å²) >= 11 is 0. The highest BCUT2D eigenvalue weighted by molar-refractivity contribution is 5.97. The minimum atomic E-state index is -0.335. The molecule has 1 amide bonds. The number of amides is 1. The maximum Gasteiger partial charge on any atom is 0.254 e. The zero-order chi connectivity index (χ0) is 14.2. The first-order valence-corrected chi connectivity index (χ1v) is 6.95. The third-order valence-electron chi connectivity index (χ3n) is 4.09. The van der Waals surface area contributed by atoms with Crippen LogP contribution in [0.3, 0.4) is 0 Å². The lowest BCUT2D eigenvalue weighted by Gasteiger charge is -2.20. The predicted molar refractivity (Wildman–Crippen MR) is 76.3 cm³/mol. The largest absolute Gasteiger partial charge is 0.393 e. The summed E-state index contributed by atoms with van der Waals surface area (Å²) in [5.41, 5.74) is 4.11. The van der Waals surface area contributed by atoms with E-state index in [1.165, 1.54) is 5.56 Å². The molecule has 1 aliphatic rings. The smallest absolute Gasteiger partial charge is 0.254 e. The van der Waals surface area contributed by atoms with Crippen LogP contribution in [0.25, 0.3) is 0 Å². The number of rotatable bonds is 2. The Kier molecular flexibility index (Phi) is 3.95. The van der Waals surface area contributed by atoms with Crippen LogP contribution in [-0.2, 0) is 0 Å². The van der Waals surface area contributed by atoms with Crippen molar-refractivity contribution < 1.29 is 9.90 Å². The Balaban J connectivity index is 2.22. The van der Waals surface area contributed by atoms with Crippen molar-refractivity contribution in [3.8, 4) is 0 Å².